The largest absolute Gasteiger partial charge is 0.368 e. The number of rotatable bonds is 5. The van der Waals surface area contributed by atoms with Gasteiger partial charge in [-0.3, -0.25) is 4.79 Å². The molecule has 2 saturated heterocycles. The number of benzene rings is 1. The first-order valence-electron chi connectivity index (χ1n) is 9.41. The molecular weight excluding hydrogens is 378 g/mol. The molecule has 0 unspecified atom stereocenters. The van der Waals surface area contributed by atoms with Crippen molar-refractivity contribution in [2.45, 2.75) is 23.0 Å². The highest BCUT2D eigenvalue weighted by atomic mass is 32.2. The Labute approximate surface area is 164 Å². The Bertz CT molecular complexity index is 922. The average Bonchev–Trinajstić information content (AvgIpc) is 2.69. The van der Waals surface area contributed by atoms with Crippen molar-refractivity contribution in [3.8, 4) is 0 Å². The molecule has 1 amide bonds. The van der Waals surface area contributed by atoms with Crippen LogP contribution in [-0.4, -0.2) is 56.0 Å². The SMILES string of the molecule is O=C(Nc1ccc(S(=O)(=O)C2CCNCC2)cc1)C1CN(c2ccnnc2)C1. The Balaban J connectivity index is 1.34. The van der Waals surface area contributed by atoms with Crippen LogP contribution in [0.3, 0.4) is 0 Å². The predicted molar refractivity (Wildman–Crippen MR) is 106 cm³/mol. The second-order valence-corrected chi connectivity index (χ2v) is 9.44. The number of sulfone groups is 1. The topological polar surface area (TPSA) is 104 Å². The van der Waals surface area contributed by atoms with Gasteiger partial charge in [-0.25, -0.2) is 8.42 Å². The van der Waals surface area contributed by atoms with E-state index in [4.69, 9.17) is 0 Å². The van der Waals surface area contributed by atoms with Gasteiger partial charge in [0.25, 0.3) is 0 Å². The number of hydrogen-bond donors (Lipinski definition) is 2. The second kappa shape index (κ2) is 7.84. The molecule has 2 N–H and O–H groups in total. The lowest BCUT2D eigenvalue weighted by Gasteiger charge is -2.39. The van der Waals surface area contributed by atoms with Crippen molar-refractivity contribution in [2.24, 2.45) is 5.92 Å². The van der Waals surface area contributed by atoms with Gasteiger partial charge in [0.2, 0.25) is 5.91 Å². The lowest BCUT2D eigenvalue weighted by molar-refractivity contribution is -0.120. The molecule has 28 heavy (non-hydrogen) atoms. The summed E-state index contributed by atoms with van der Waals surface area (Å²) in [5, 5.41) is 13.3. The van der Waals surface area contributed by atoms with Crippen molar-refractivity contribution >= 4 is 27.1 Å². The van der Waals surface area contributed by atoms with Crippen LogP contribution < -0.4 is 15.5 Å². The zero-order valence-corrected chi connectivity index (χ0v) is 16.2. The van der Waals surface area contributed by atoms with Crippen molar-refractivity contribution in [2.75, 3.05) is 36.4 Å². The van der Waals surface area contributed by atoms with Gasteiger partial charge in [0.15, 0.2) is 9.84 Å². The fraction of sp³-hybridized carbons (Fsp3) is 0.421. The van der Waals surface area contributed by atoms with E-state index in [0.717, 1.165) is 18.8 Å². The molecule has 1 aromatic heterocycles. The number of amides is 1. The molecule has 3 heterocycles. The van der Waals surface area contributed by atoms with Crippen molar-refractivity contribution < 1.29 is 13.2 Å². The molecule has 0 bridgehead atoms. The van der Waals surface area contributed by atoms with Crippen molar-refractivity contribution in [3.05, 3.63) is 42.7 Å². The number of piperidine rings is 1. The van der Waals surface area contributed by atoms with E-state index in [2.05, 4.69) is 25.7 Å². The number of carbonyl (C=O) groups excluding carboxylic acids is 1. The van der Waals surface area contributed by atoms with Crippen LogP contribution in [0.15, 0.2) is 47.6 Å². The smallest absolute Gasteiger partial charge is 0.231 e. The molecule has 0 aliphatic carbocycles. The molecule has 0 atom stereocenters. The van der Waals surface area contributed by atoms with Crippen LogP contribution in [0.2, 0.25) is 0 Å². The molecular formula is C19H23N5O3S. The Kier molecular flexibility index (Phi) is 5.27. The van der Waals surface area contributed by atoms with Crippen molar-refractivity contribution in [1.82, 2.24) is 15.5 Å². The van der Waals surface area contributed by atoms with E-state index < -0.39 is 9.84 Å². The van der Waals surface area contributed by atoms with E-state index in [1.165, 1.54) is 0 Å². The number of nitrogens with one attached hydrogen (secondary N) is 2. The lowest BCUT2D eigenvalue weighted by Crippen LogP contribution is -2.52. The van der Waals surface area contributed by atoms with Crippen molar-refractivity contribution in [1.29, 1.82) is 0 Å². The van der Waals surface area contributed by atoms with E-state index in [9.17, 15) is 13.2 Å². The van der Waals surface area contributed by atoms with E-state index in [1.54, 1.807) is 36.7 Å². The molecule has 2 aliphatic heterocycles. The first-order chi connectivity index (χ1) is 13.5. The number of carbonyl (C=O) groups is 1. The third kappa shape index (κ3) is 3.85. The summed E-state index contributed by atoms with van der Waals surface area (Å²) >= 11 is 0. The summed E-state index contributed by atoms with van der Waals surface area (Å²) in [5.74, 6) is -0.168. The summed E-state index contributed by atoms with van der Waals surface area (Å²) in [6.07, 6.45) is 4.57. The van der Waals surface area contributed by atoms with E-state index in [1.807, 2.05) is 6.07 Å². The van der Waals surface area contributed by atoms with Gasteiger partial charge in [0.05, 0.1) is 34.1 Å². The second-order valence-electron chi connectivity index (χ2n) is 7.21. The minimum Gasteiger partial charge on any atom is -0.368 e. The Morgan fingerprint density at radius 2 is 1.79 bits per heavy atom. The first-order valence-corrected chi connectivity index (χ1v) is 11.0. The molecule has 0 saturated carbocycles. The van der Waals surface area contributed by atoms with Gasteiger partial charge in [0.1, 0.15) is 0 Å². The van der Waals surface area contributed by atoms with E-state index in [-0.39, 0.29) is 17.1 Å². The Morgan fingerprint density at radius 1 is 1.07 bits per heavy atom. The zero-order chi connectivity index (χ0) is 19.6. The zero-order valence-electron chi connectivity index (χ0n) is 15.4. The third-order valence-electron chi connectivity index (χ3n) is 5.36. The van der Waals surface area contributed by atoms with Gasteiger partial charge < -0.3 is 15.5 Å². The molecule has 2 aromatic rings. The Morgan fingerprint density at radius 3 is 2.43 bits per heavy atom. The first kappa shape index (κ1) is 18.8. The van der Waals surface area contributed by atoms with Crippen LogP contribution in [-0.2, 0) is 14.6 Å². The molecule has 2 aliphatic rings. The van der Waals surface area contributed by atoms with Gasteiger partial charge in [0, 0.05) is 18.8 Å². The maximum atomic E-state index is 12.7. The number of aromatic nitrogens is 2. The molecule has 8 nitrogen and oxygen atoms in total. The predicted octanol–water partition coefficient (Wildman–Crippen LogP) is 1.08. The molecule has 0 spiro atoms. The minimum absolute atomic E-state index is 0.0628. The molecule has 9 heteroatoms. The summed E-state index contributed by atoms with van der Waals surface area (Å²) in [6.45, 7) is 2.71. The van der Waals surface area contributed by atoms with Gasteiger partial charge >= 0.3 is 0 Å². The summed E-state index contributed by atoms with van der Waals surface area (Å²) in [6, 6.07) is 8.36. The fourth-order valence-electron chi connectivity index (χ4n) is 3.60. The van der Waals surface area contributed by atoms with Crippen LogP contribution in [0.5, 0.6) is 0 Å². The molecule has 148 valence electrons. The lowest BCUT2D eigenvalue weighted by atomic mass is 9.98. The molecule has 1 aromatic carbocycles. The summed E-state index contributed by atoms with van der Waals surface area (Å²) in [5.41, 5.74) is 1.56. The van der Waals surface area contributed by atoms with Gasteiger partial charge in [-0.2, -0.15) is 10.2 Å². The van der Waals surface area contributed by atoms with Crippen LogP contribution >= 0.6 is 0 Å². The quantitative estimate of drug-likeness (QED) is 0.772. The average molecular weight is 401 g/mol. The number of anilines is 2. The van der Waals surface area contributed by atoms with Crippen LogP contribution in [0.1, 0.15) is 12.8 Å². The maximum absolute atomic E-state index is 12.7. The third-order valence-corrected chi connectivity index (χ3v) is 7.64. The van der Waals surface area contributed by atoms with Gasteiger partial charge in [-0.1, -0.05) is 0 Å². The van der Waals surface area contributed by atoms with E-state index >= 15 is 0 Å². The van der Waals surface area contributed by atoms with Crippen LogP contribution in [0.4, 0.5) is 11.4 Å². The van der Waals surface area contributed by atoms with E-state index in [0.29, 0.717) is 36.5 Å². The molecule has 0 radical (unpaired) electrons. The van der Waals surface area contributed by atoms with Crippen molar-refractivity contribution in [3.63, 3.8) is 0 Å². The standard InChI is InChI=1S/C19H23N5O3S/c25-19(14-12-24(13-14)16-5-10-21-22-11-16)23-15-1-3-17(4-2-15)28(26,27)18-6-8-20-9-7-18/h1-5,10-11,14,18,20H,6-9,12-13H2,(H,23,25). The number of nitrogens with zero attached hydrogens (tertiary/aromatic N) is 3. The van der Waals surface area contributed by atoms with Crippen LogP contribution in [0, 0.1) is 5.92 Å². The number of hydrogen-bond acceptors (Lipinski definition) is 7. The highest BCUT2D eigenvalue weighted by Gasteiger charge is 2.33. The Hall–Kier alpha value is -2.52. The summed E-state index contributed by atoms with van der Waals surface area (Å²) in [7, 11) is -3.33. The molecule has 4 rings (SSSR count). The van der Waals surface area contributed by atoms with Gasteiger partial charge in [-0.05, 0) is 56.3 Å². The normalized spacial score (nSPS) is 18.5. The molecule has 2 fully saturated rings. The minimum atomic E-state index is -3.33. The highest BCUT2D eigenvalue weighted by molar-refractivity contribution is 7.92. The fourth-order valence-corrected chi connectivity index (χ4v) is 5.35. The highest BCUT2D eigenvalue weighted by Crippen LogP contribution is 2.26. The summed E-state index contributed by atoms with van der Waals surface area (Å²) in [4.78, 5) is 14.8. The monoisotopic (exact) mass is 401 g/mol. The van der Waals surface area contributed by atoms with Crippen LogP contribution in [0.25, 0.3) is 0 Å². The maximum Gasteiger partial charge on any atom is 0.231 e. The van der Waals surface area contributed by atoms with Gasteiger partial charge in [-0.15, -0.1) is 0 Å². The summed E-state index contributed by atoms with van der Waals surface area (Å²) < 4.78 is 25.5.